The molecule has 0 aromatic heterocycles. The lowest BCUT2D eigenvalue weighted by molar-refractivity contribution is -0.116. The van der Waals surface area contributed by atoms with Crippen molar-refractivity contribution in [3.8, 4) is 5.75 Å². The molecule has 0 aliphatic heterocycles. The lowest BCUT2D eigenvalue weighted by Crippen LogP contribution is -2.23. The van der Waals surface area contributed by atoms with Crippen LogP contribution in [-0.2, 0) is 9.53 Å². The van der Waals surface area contributed by atoms with Crippen LogP contribution in [0.3, 0.4) is 0 Å². The summed E-state index contributed by atoms with van der Waals surface area (Å²) in [5, 5.41) is 3.16. The van der Waals surface area contributed by atoms with Gasteiger partial charge in [0.05, 0.1) is 11.6 Å². The molecule has 0 saturated carbocycles. The first kappa shape index (κ1) is 15.8. The molecule has 5 nitrogen and oxygen atoms in total. The molecule has 0 radical (unpaired) electrons. The highest BCUT2D eigenvalue weighted by atomic mass is 35.5. The van der Waals surface area contributed by atoms with Gasteiger partial charge in [-0.1, -0.05) is 11.6 Å². The molecular formula is C13H19ClN2O3. The fourth-order valence-corrected chi connectivity index (χ4v) is 1.67. The lowest BCUT2D eigenvalue weighted by Gasteiger charge is -2.11. The topological polar surface area (TPSA) is 73.6 Å². The molecule has 0 aliphatic rings. The van der Waals surface area contributed by atoms with E-state index in [1.807, 2.05) is 0 Å². The van der Waals surface area contributed by atoms with E-state index in [2.05, 4.69) is 5.32 Å². The predicted octanol–water partition coefficient (Wildman–Crippen LogP) is 2.04. The molecule has 0 spiro atoms. The number of nitrogens with two attached hydrogens (primary N) is 1. The molecule has 1 aromatic rings. The molecule has 0 aliphatic carbocycles. The maximum absolute atomic E-state index is 11.5. The number of benzene rings is 1. The van der Waals surface area contributed by atoms with E-state index < -0.39 is 0 Å². The largest absolute Gasteiger partial charge is 0.490 e. The van der Waals surface area contributed by atoms with Crippen LogP contribution in [0, 0.1) is 0 Å². The Hall–Kier alpha value is -1.30. The minimum atomic E-state index is -0.174. The molecule has 106 valence electrons. The minimum Gasteiger partial charge on any atom is -0.490 e. The van der Waals surface area contributed by atoms with Crippen LogP contribution < -0.4 is 15.8 Å². The van der Waals surface area contributed by atoms with Gasteiger partial charge in [-0.25, -0.2) is 0 Å². The minimum absolute atomic E-state index is 0.140. The number of halogens is 1. The van der Waals surface area contributed by atoms with Crippen molar-refractivity contribution in [2.45, 2.75) is 19.4 Å². The van der Waals surface area contributed by atoms with Gasteiger partial charge in [0.2, 0.25) is 5.91 Å². The number of methoxy groups -OCH3 is 1. The first-order valence-electron chi connectivity index (χ1n) is 5.99. The standard InChI is InChI=1S/C13H19ClN2O3/c1-9(15)7-13(17)16-10-3-4-12(11(14)8-10)19-6-5-18-2/h3-4,8-9H,5-7,15H2,1-2H3,(H,16,17). The van der Waals surface area contributed by atoms with Crippen LogP contribution in [0.1, 0.15) is 13.3 Å². The quantitative estimate of drug-likeness (QED) is 0.752. The molecule has 1 unspecified atom stereocenters. The third-order valence-electron chi connectivity index (χ3n) is 2.27. The van der Waals surface area contributed by atoms with Gasteiger partial charge in [0.1, 0.15) is 12.4 Å². The molecule has 1 amide bonds. The van der Waals surface area contributed by atoms with Crippen LogP contribution in [0.25, 0.3) is 0 Å². The molecule has 0 heterocycles. The Morgan fingerprint density at radius 1 is 1.47 bits per heavy atom. The number of nitrogens with one attached hydrogen (secondary N) is 1. The second-order valence-corrected chi connectivity index (χ2v) is 4.62. The summed E-state index contributed by atoms with van der Waals surface area (Å²) in [6, 6.07) is 4.90. The van der Waals surface area contributed by atoms with Gasteiger partial charge in [0, 0.05) is 25.3 Å². The molecule has 6 heteroatoms. The molecule has 1 rings (SSSR count). The molecule has 1 aromatic carbocycles. The maximum Gasteiger partial charge on any atom is 0.225 e. The highest BCUT2D eigenvalue weighted by Gasteiger charge is 2.08. The molecule has 3 N–H and O–H groups in total. The van der Waals surface area contributed by atoms with Crippen molar-refractivity contribution in [3.63, 3.8) is 0 Å². The molecular weight excluding hydrogens is 268 g/mol. The van der Waals surface area contributed by atoms with Gasteiger partial charge < -0.3 is 20.5 Å². The van der Waals surface area contributed by atoms with Crippen LogP contribution in [0.5, 0.6) is 5.75 Å². The smallest absolute Gasteiger partial charge is 0.225 e. The SMILES string of the molecule is COCCOc1ccc(NC(=O)CC(C)N)cc1Cl. The summed E-state index contributed by atoms with van der Waals surface area (Å²) >= 11 is 6.06. The second-order valence-electron chi connectivity index (χ2n) is 4.22. The van der Waals surface area contributed by atoms with Crippen molar-refractivity contribution in [1.29, 1.82) is 0 Å². The van der Waals surface area contributed by atoms with Gasteiger partial charge in [-0.2, -0.15) is 0 Å². The van der Waals surface area contributed by atoms with Crippen LogP contribution in [-0.4, -0.2) is 32.3 Å². The average Bonchev–Trinajstić information content (AvgIpc) is 2.31. The highest BCUT2D eigenvalue weighted by molar-refractivity contribution is 6.32. The molecule has 0 fully saturated rings. The summed E-state index contributed by atoms with van der Waals surface area (Å²) in [6.07, 6.45) is 0.268. The first-order valence-corrected chi connectivity index (χ1v) is 6.37. The Bertz CT molecular complexity index is 424. The first-order chi connectivity index (χ1) is 9.02. The van der Waals surface area contributed by atoms with Gasteiger partial charge >= 0.3 is 0 Å². The number of rotatable bonds is 7. The van der Waals surface area contributed by atoms with Crippen molar-refractivity contribution in [2.24, 2.45) is 5.73 Å². The van der Waals surface area contributed by atoms with Crippen LogP contribution >= 0.6 is 11.6 Å². The van der Waals surface area contributed by atoms with E-state index in [-0.39, 0.29) is 18.4 Å². The Balaban J connectivity index is 2.58. The zero-order chi connectivity index (χ0) is 14.3. The number of carbonyl (C=O) groups is 1. The Labute approximate surface area is 118 Å². The van der Waals surface area contributed by atoms with Gasteiger partial charge in [-0.3, -0.25) is 4.79 Å². The van der Waals surface area contributed by atoms with E-state index in [1.165, 1.54) is 0 Å². The number of anilines is 1. The van der Waals surface area contributed by atoms with Crippen LogP contribution in [0.15, 0.2) is 18.2 Å². The van der Waals surface area contributed by atoms with Gasteiger partial charge in [0.25, 0.3) is 0 Å². The zero-order valence-electron chi connectivity index (χ0n) is 11.1. The lowest BCUT2D eigenvalue weighted by atomic mass is 10.2. The third kappa shape index (κ3) is 5.92. The highest BCUT2D eigenvalue weighted by Crippen LogP contribution is 2.27. The van der Waals surface area contributed by atoms with Gasteiger partial charge in [0.15, 0.2) is 0 Å². The van der Waals surface area contributed by atoms with Crippen molar-refractivity contribution in [1.82, 2.24) is 0 Å². The number of hydrogen-bond donors (Lipinski definition) is 2. The average molecular weight is 287 g/mol. The second kappa shape index (κ2) is 7.99. The number of ether oxygens (including phenoxy) is 2. The Kier molecular flexibility index (Phi) is 6.62. The number of carbonyl (C=O) groups excluding carboxylic acids is 1. The van der Waals surface area contributed by atoms with E-state index in [0.717, 1.165) is 0 Å². The Morgan fingerprint density at radius 3 is 2.79 bits per heavy atom. The van der Waals surface area contributed by atoms with Crippen molar-refractivity contribution < 1.29 is 14.3 Å². The van der Waals surface area contributed by atoms with E-state index >= 15 is 0 Å². The number of amides is 1. The van der Waals surface area contributed by atoms with E-state index in [0.29, 0.717) is 29.7 Å². The summed E-state index contributed by atoms with van der Waals surface area (Å²) in [5.41, 5.74) is 6.17. The van der Waals surface area contributed by atoms with E-state index in [9.17, 15) is 4.79 Å². The molecule has 1 atom stereocenters. The zero-order valence-corrected chi connectivity index (χ0v) is 11.9. The summed E-state index contributed by atoms with van der Waals surface area (Å²) in [6.45, 7) is 2.69. The predicted molar refractivity (Wildman–Crippen MR) is 75.7 cm³/mol. The summed E-state index contributed by atoms with van der Waals surface area (Å²) in [4.78, 5) is 11.5. The number of hydrogen-bond acceptors (Lipinski definition) is 4. The molecule has 0 bridgehead atoms. The van der Waals surface area contributed by atoms with Crippen LogP contribution in [0.4, 0.5) is 5.69 Å². The van der Waals surface area contributed by atoms with E-state index in [1.54, 1.807) is 32.2 Å². The Morgan fingerprint density at radius 2 is 2.21 bits per heavy atom. The normalized spacial score (nSPS) is 12.0. The summed E-state index contributed by atoms with van der Waals surface area (Å²) in [7, 11) is 1.60. The van der Waals surface area contributed by atoms with Gasteiger partial charge in [-0.15, -0.1) is 0 Å². The summed E-state index contributed by atoms with van der Waals surface area (Å²) < 4.78 is 10.3. The van der Waals surface area contributed by atoms with Crippen molar-refractivity contribution >= 4 is 23.2 Å². The fourth-order valence-electron chi connectivity index (χ4n) is 1.44. The maximum atomic E-state index is 11.5. The molecule has 19 heavy (non-hydrogen) atoms. The van der Waals surface area contributed by atoms with Crippen molar-refractivity contribution in [3.05, 3.63) is 23.2 Å². The molecule has 0 saturated heterocycles. The third-order valence-corrected chi connectivity index (χ3v) is 2.56. The van der Waals surface area contributed by atoms with Crippen LogP contribution in [0.2, 0.25) is 5.02 Å². The fraction of sp³-hybridized carbons (Fsp3) is 0.462. The van der Waals surface area contributed by atoms with Crippen molar-refractivity contribution in [2.75, 3.05) is 25.6 Å². The van der Waals surface area contributed by atoms with E-state index in [4.69, 9.17) is 26.8 Å². The monoisotopic (exact) mass is 286 g/mol. The van der Waals surface area contributed by atoms with Gasteiger partial charge in [-0.05, 0) is 25.1 Å². The summed E-state index contributed by atoms with van der Waals surface area (Å²) in [5.74, 6) is 0.419.